The van der Waals surface area contributed by atoms with E-state index in [2.05, 4.69) is 5.32 Å². The SMILES string of the molecule is [B]C(C=O)CCC(=O)NC. The first-order valence-electron chi connectivity index (χ1n) is 3.12. The summed E-state index contributed by atoms with van der Waals surface area (Å²) in [4.78, 5) is 20.5. The van der Waals surface area contributed by atoms with E-state index in [-0.39, 0.29) is 5.91 Å². The van der Waals surface area contributed by atoms with Crippen molar-refractivity contribution in [2.75, 3.05) is 7.05 Å². The Bertz CT molecular complexity index is 127. The van der Waals surface area contributed by atoms with Crippen molar-refractivity contribution < 1.29 is 9.59 Å². The van der Waals surface area contributed by atoms with Gasteiger partial charge in [-0.3, -0.25) is 4.79 Å². The Balaban J connectivity index is 3.34. The Hall–Kier alpha value is -0.795. The van der Waals surface area contributed by atoms with Gasteiger partial charge in [-0.1, -0.05) is 0 Å². The maximum Gasteiger partial charge on any atom is 0.219 e. The molecule has 1 unspecified atom stereocenters. The monoisotopic (exact) mass is 139 g/mol. The van der Waals surface area contributed by atoms with E-state index in [1.54, 1.807) is 7.05 Å². The van der Waals surface area contributed by atoms with Crippen molar-refractivity contribution in [3.8, 4) is 0 Å². The zero-order valence-electron chi connectivity index (χ0n) is 5.96. The van der Waals surface area contributed by atoms with Crippen molar-refractivity contribution in [1.82, 2.24) is 5.32 Å². The van der Waals surface area contributed by atoms with E-state index in [0.717, 1.165) is 0 Å². The van der Waals surface area contributed by atoms with Gasteiger partial charge in [-0.2, -0.15) is 0 Å². The van der Waals surface area contributed by atoms with E-state index in [4.69, 9.17) is 7.85 Å². The third-order valence-electron chi connectivity index (χ3n) is 1.16. The molecule has 0 saturated heterocycles. The van der Waals surface area contributed by atoms with Gasteiger partial charge >= 0.3 is 0 Å². The highest BCUT2D eigenvalue weighted by molar-refractivity contribution is 6.19. The number of carbonyl (C=O) groups excluding carboxylic acids is 2. The number of rotatable bonds is 4. The zero-order chi connectivity index (χ0) is 7.98. The lowest BCUT2D eigenvalue weighted by Gasteiger charge is -2.00. The van der Waals surface area contributed by atoms with Gasteiger partial charge in [0.15, 0.2) is 0 Å². The van der Waals surface area contributed by atoms with Gasteiger partial charge < -0.3 is 10.1 Å². The zero-order valence-corrected chi connectivity index (χ0v) is 5.96. The van der Waals surface area contributed by atoms with E-state index in [0.29, 0.717) is 19.1 Å². The number of carbonyl (C=O) groups is 2. The number of nitrogens with one attached hydrogen (secondary N) is 1. The lowest BCUT2D eigenvalue weighted by atomic mass is 9.85. The third-order valence-corrected chi connectivity index (χ3v) is 1.16. The summed E-state index contributed by atoms with van der Waals surface area (Å²) in [7, 11) is 6.78. The van der Waals surface area contributed by atoms with Crippen LogP contribution in [-0.2, 0) is 9.59 Å². The first-order valence-corrected chi connectivity index (χ1v) is 3.12. The minimum atomic E-state index is -0.503. The van der Waals surface area contributed by atoms with Crippen LogP contribution in [-0.4, -0.2) is 27.1 Å². The minimum Gasteiger partial charge on any atom is -0.359 e. The van der Waals surface area contributed by atoms with Crippen LogP contribution in [0.3, 0.4) is 0 Å². The van der Waals surface area contributed by atoms with Crippen LogP contribution in [0.5, 0.6) is 0 Å². The molecule has 1 N–H and O–H groups in total. The first-order chi connectivity index (χ1) is 4.70. The molecule has 0 aliphatic rings. The molecular formula is C6H10BNO2. The molecule has 0 spiro atoms. The number of hydrogen-bond acceptors (Lipinski definition) is 2. The van der Waals surface area contributed by atoms with Crippen molar-refractivity contribution in [3.63, 3.8) is 0 Å². The molecule has 1 atom stereocenters. The molecule has 0 saturated carbocycles. The predicted octanol–water partition coefficient (Wildman–Crippen LogP) is -0.332. The predicted molar refractivity (Wildman–Crippen MR) is 38.9 cm³/mol. The van der Waals surface area contributed by atoms with Crippen LogP contribution in [0, 0.1) is 0 Å². The molecule has 0 aromatic carbocycles. The molecule has 0 bridgehead atoms. The normalized spacial score (nSPS) is 12.1. The molecule has 0 heterocycles. The molecule has 1 amide bonds. The Morgan fingerprint density at radius 1 is 1.80 bits per heavy atom. The third kappa shape index (κ3) is 4.12. The fraction of sp³-hybridized carbons (Fsp3) is 0.667. The molecule has 0 fully saturated rings. The van der Waals surface area contributed by atoms with Crippen LogP contribution in [0.15, 0.2) is 0 Å². The maximum atomic E-state index is 10.5. The summed E-state index contributed by atoms with van der Waals surface area (Å²) in [5.74, 6) is -0.588. The molecule has 3 nitrogen and oxygen atoms in total. The van der Waals surface area contributed by atoms with E-state index in [1.165, 1.54) is 0 Å². The van der Waals surface area contributed by atoms with Gasteiger partial charge in [-0.25, -0.2) is 0 Å². The quantitative estimate of drug-likeness (QED) is 0.428. The fourth-order valence-electron chi connectivity index (χ4n) is 0.491. The van der Waals surface area contributed by atoms with Crippen LogP contribution in [0.2, 0.25) is 5.82 Å². The van der Waals surface area contributed by atoms with Gasteiger partial charge in [-0.15, -0.1) is 0 Å². The van der Waals surface area contributed by atoms with E-state index < -0.39 is 5.82 Å². The summed E-state index contributed by atoms with van der Waals surface area (Å²) >= 11 is 0. The summed E-state index contributed by atoms with van der Waals surface area (Å²) in [6.07, 6.45) is 1.38. The average molecular weight is 139 g/mol. The largest absolute Gasteiger partial charge is 0.359 e. The highest BCUT2D eigenvalue weighted by Gasteiger charge is 2.02. The summed E-state index contributed by atoms with van der Waals surface area (Å²) < 4.78 is 0. The highest BCUT2D eigenvalue weighted by Crippen LogP contribution is 2.03. The summed E-state index contributed by atoms with van der Waals surface area (Å²) in [6, 6.07) is 0. The van der Waals surface area contributed by atoms with Crippen molar-refractivity contribution >= 4 is 20.0 Å². The minimum absolute atomic E-state index is 0.0858. The van der Waals surface area contributed by atoms with E-state index >= 15 is 0 Å². The number of amides is 1. The van der Waals surface area contributed by atoms with E-state index in [1.807, 2.05) is 0 Å². The lowest BCUT2D eigenvalue weighted by Crippen LogP contribution is -2.17. The molecule has 0 aliphatic carbocycles. The molecule has 4 heteroatoms. The first kappa shape index (κ1) is 9.20. The van der Waals surface area contributed by atoms with Crippen LogP contribution in [0.25, 0.3) is 0 Å². The number of hydrogen-bond donors (Lipinski definition) is 1. The van der Waals surface area contributed by atoms with Gasteiger partial charge in [0, 0.05) is 13.5 Å². The molecule has 10 heavy (non-hydrogen) atoms. The molecule has 2 radical (unpaired) electrons. The van der Waals surface area contributed by atoms with Crippen LogP contribution >= 0.6 is 0 Å². The van der Waals surface area contributed by atoms with Crippen molar-refractivity contribution in [2.24, 2.45) is 0 Å². The van der Waals surface area contributed by atoms with Crippen molar-refractivity contribution in [3.05, 3.63) is 0 Å². The maximum absolute atomic E-state index is 10.5. The second-order valence-corrected chi connectivity index (χ2v) is 2.01. The molecule has 54 valence electrons. The van der Waals surface area contributed by atoms with Gasteiger partial charge in [-0.05, 0) is 12.2 Å². The van der Waals surface area contributed by atoms with Crippen LogP contribution in [0.4, 0.5) is 0 Å². The van der Waals surface area contributed by atoms with Gasteiger partial charge in [0.2, 0.25) is 5.91 Å². The molecule has 0 aromatic rings. The summed E-state index contributed by atoms with van der Waals surface area (Å²) in [6.45, 7) is 0. The smallest absolute Gasteiger partial charge is 0.219 e. The van der Waals surface area contributed by atoms with Gasteiger partial charge in [0.1, 0.15) is 6.29 Å². The topological polar surface area (TPSA) is 46.2 Å². The average Bonchev–Trinajstić information content (AvgIpc) is 1.99. The number of aldehydes is 1. The Morgan fingerprint density at radius 2 is 2.40 bits per heavy atom. The van der Waals surface area contributed by atoms with Crippen molar-refractivity contribution in [2.45, 2.75) is 18.7 Å². The van der Waals surface area contributed by atoms with E-state index in [9.17, 15) is 9.59 Å². The fourth-order valence-corrected chi connectivity index (χ4v) is 0.491. The molecule has 0 aliphatic heterocycles. The van der Waals surface area contributed by atoms with Gasteiger partial charge in [0.25, 0.3) is 0 Å². The second kappa shape index (κ2) is 5.03. The lowest BCUT2D eigenvalue weighted by molar-refractivity contribution is -0.120. The molecule has 0 rings (SSSR count). The Morgan fingerprint density at radius 3 is 2.80 bits per heavy atom. The van der Waals surface area contributed by atoms with Crippen LogP contribution in [0.1, 0.15) is 12.8 Å². The van der Waals surface area contributed by atoms with Gasteiger partial charge in [0.05, 0.1) is 7.85 Å². The summed E-state index contributed by atoms with van der Waals surface area (Å²) in [5.41, 5.74) is 0. The standard InChI is InChI=1S/C6H10BNO2/c1-8-6(10)3-2-5(7)4-9/h4-5H,2-3H2,1H3,(H,8,10). The second-order valence-electron chi connectivity index (χ2n) is 2.01. The Labute approximate surface area is 61.6 Å². The highest BCUT2D eigenvalue weighted by atomic mass is 16.1. The van der Waals surface area contributed by atoms with Crippen molar-refractivity contribution in [1.29, 1.82) is 0 Å². The van der Waals surface area contributed by atoms with Crippen LogP contribution < -0.4 is 5.32 Å². The molecule has 0 aromatic heterocycles. The Kier molecular flexibility index (Phi) is 4.63. The molecular weight excluding hydrogens is 129 g/mol. The summed E-state index contributed by atoms with van der Waals surface area (Å²) in [5, 5.41) is 2.43.